The van der Waals surface area contributed by atoms with Crippen LogP contribution in [0.5, 0.6) is 11.5 Å². The van der Waals surface area contributed by atoms with Gasteiger partial charge >= 0.3 is 5.97 Å². The molecule has 0 amide bonds. The maximum Gasteiger partial charge on any atom is 0.341 e. The van der Waals surface area contributed by atoms with E-state index in [9.17, 15) is 9.90 Å². The second-order valence-electron chi connectivity index (χ2n) is 6.94. The summed E-state index contributed by atoms with van der Waals surface area (Å²) in [5, 5.41) is 9.86. The van der Waals surface area contributed by atoms with Gasteiger partial charge in [-0.15, -0.1) is 0 Å². The molecule has 4 nitrogen and oxygen atoms in total. The van der Waals surface area contributed by atoms with Crippen molar-refractivity contribution in [1.82, 2.24) is 0 Å². The van der Waals surface area contributed by atoms with Gasteiger partial charge in [0.2, 0.25) is 0 Å². The minimum absolute atomic E-state index is 0.128. The van der Waals surface area contributed by atoms with E-state index in [1.807, 2.05) is 6.08 Å². The number of rotatable bonds is 10. The molecule has 1 aromatic rings. The lowest BCUT2D eigenvalue weighted by Crippen LogP contribution is -2.02. The Labute approximate surface area is 163 Å². The van der Waals surface area contributed by atoms with Gasteiger partial charge in [0.1, 0.15) is 23.7 Å². The van der Waals surface area contributed by atoms with Gasteiger partial charge in [-0.05, 0) is 71.6 Å². The van der Waals surface area contributed by atoms with Gasteiger partial charge in [0.05, 0.1) is 7.11 Å². The van der Waals surface area contributed by atoms with Crippen molar-refractivity contribution in [3.8, 4) is 11.5 Å². The van der Waals surface area contributed by atoms with E-state index in [0.29, 0.717) is 12.4 Å². The molecular weight excluding hydrogens is 340 g/mol. The Bertz CT molecular complexity index is 707. The van der Waals surface area contributed by atoms with Crippen molar-refractivity contribution < 1.29 is 19.4 Å². The normalized spacial score (nSPS) is 11.9. The summed E-state index contributed by atoms with van der Waals surface area (Å²) in [4.78, 5) is 11.4. The highest BCUT2D eigenvalue weighted by Gasteiger charge is 2.11. The number of hydrogen-bond donors (Lipinski definition) is 1. The first kappa shape index (κ1) is 22.6. The third-order valence-corrected chi connectivity index (χ3v) is 4.18. The minimum atomic E-state index is -0.570. The Kier molecular flexibility index (Phi) is 10.0. The van der Waals surface area contributed by atoms with Crippen molar-refractivity contribution in [3.05, 3.63) is 58.7 Å². The molecule has 27 heavy (non-hydrogen) atoms. The van der Waals surface area contributed by atoms with Crippen LogP contribution in [0.1, 0.15) is 63.7 Å². The van der Waals surface area contributed by atoms with Crippen LogP contribution in [-0.2, 0) is 4.74 Å². The fourth-order valence-electron chi connectivity index (χ4n) is 2.50. The molecule has 0 aliphatic heterocycles. The highest BCUT2D eigenvalue weighted by molar-refractivity contribution is 5.92. The first-order valence-electron chi connectivity index (χ1n) is 9.32. The topological polar surface area (TPSA) is 55.8 Å². The molecule has 0 saturated heterocycles. The predicted octanol–water partition coefficient (Wildman–Crippen LogP) is 5.98. The molecule has 0 bridgehead atoms. The third-order valence-electron chi connectivity index (χ3n) is 4.18. The Morgan fingerprint density at radius 3 is 2.22 bits per heavy atom. The zero-order valence-electron chi connectivity index (χ0n) is 17.2. The SMILES string of the molecule is COC(=O)c1ccc(OCC=C(C)CCC=C(C)CCC=C(C)C)cc1O. The van der Waals surface area contributed by atoms with E-state index < -0.39 is 5.97 Å². The zero-order valence-corrected chi connectivity index (χ0v) is 17.2. The van der Waals surface area contributed by atoms with Crippen LogP contribution in [0, 0.1) is 0 Å². The zero-order chi connectivity index (χ0) is 20.2. The van der Waals surface area contributed by atoms with Crippen LogP contribution in [0.2, 0.25) is 0 Å². The van der Waals surface area contributed by atoms with E-state index in [1.165, 1.54) is 36.0 Å². The van der Waals surface area contributed by atoms with Gasteiger partial charge in [-0.3, -0.25) is 0 Å². The molecule has 4 heteroatoms. The van der Waals surface area contributed by atoms with E-state index in [0.717, 1.165) is 25.7 Å². The molecule has 1 aromatic carbocycles. The molecule has 0 saturated carbocycles. The van der Waals surface area contributed by atoms with Crippen LogP contribution in [-0.4, -0.2) is 24.8 Å². The number of carbonyl (C=O) groups excluding carboxylic acids is 1. The maximum atomic E-state index is 11.4. The van der Waals surface area contributed by atoms with E-state index >= 15 is 0 Å². The summed E-state index contributed by atoms with van der Waals surface area (Å²) in [6.07, 6.45) is 10.9. The monoisotopic (exact) mass is 372 g/mol. The summed E-state index contributed by atoms with van der Waals surface area (Å²) < 4.78 is 10.2. The molecule has 0 unspecified atom stereocenters. The van der Waals surface area contributed by atoms with Gasteiger partial charge in [-0.25, -0.2) is 4.79 Å². The smallest absolute Gasteiger partial charge is 0.341 e. The summed E-state index contributed by atoms with van der Waals surface area (Å²) in [5.74, 6) is -0.202. The first-order chi connectivity index (χ1) is 12.8. The van der Waals surface area contributed by atoms with Gasteiger partial charge in [-0.1, -0.05) is 28.9 Å². The third kappa shape index (κ3) is 9.13. The Hall–Kier alpha value is -2.49. The van der Waals surface area contributed by atoms with E-state index in [-0.39, 0.29) is 11.3 Å². The van der Waals surface area contributed by atoms with Crippen molar-refractivity contribution in [2.75, 3.05) is 13.7 Å². The number of hydrogen-bond acceptors (Lipinski definition) is 4. The van der Waals surface area contributed by atoms with E-state index in [4.69, 9.17) is 4.74 Å². The average molecular weight is 373 g/mol. The van der Waals surface area contributed by atoms with Crippen molar-refractivity contribution in [3.63, 3.8) is 0 Å². The molecule has 0 heterocycles. The molecule has 0 aliphatic rings. The number of benzene rings is 1. The second kappa shape index (κ2) is 12.0. The van der Waals surface area contributed by atoms with Crippen molar-refractivity contribution >= 4 is 5.97 Å². The van der Waals surface area contributed by atoms with Crippen LogP contribution in [0.3, 0.4) is 0 Å². The molecular formula is C23H32O4. The standard InChI is InChI=1S/C23H32O4/c1-17(2)8-6-9-18(3)10-7-11-19(4)14-15-27-20-12-13-21(22(24)16-20)23(25)26-5/h8,10,12-14,16,24H,6-7,9,11,15H2,1-5H3. The highest BCUT2D eigenvalue weighted by Crippen LogP contribution is 2.24. The minimum Gasteiger partial charge on any atom is -0.507 e. The number of aromatic hydroxyl groups is 1. The number of ether oxygens (including phenoxy) is 2. The molecule has 0 atom stereocenters. The van der Waals surface area contributed by atoms with Crippen LogP contribution < -0.4 is 4.74 Å². The molecule has 0 aromatic heterocycles. The van der Waals surface area contributed by atoms with Crippen molar-refractivity contribution in [2.45, 2.75) is 53.4 Å². The number of phenols is 1. The highest BCUT2D eigenvalue weighted by atomic mass is 16.5. The fraction of sp³-hybridized carbons (Fsp3) is 0.435. The number of allylic oxidation sites excluding steroid dienone is 5. The lowest BCUT2D eigenvalue weighted by Gasteiger charge is -2.07. The Morgan fingerprint density at radius 1 is 1.00 bits per heavy atom. The Morgan fingerprint density at radius 2 is 1.63 bits per heavy atom. The number of methoxy groups -OCH3 is 1. The quantitative estimate of drug-likeness (QED) is 0.406. The average Bonchev–Trinajstić information content (AvgIpc) is 2.61. The predicted molar refractivity (Wildman–Crippen MR) is 110 cm³/mol. The molecule has 0 spiro atoms. The van der Waals surface area contributed by atoms with Gasteiger partial charge in [0, 0.05) is 6.07 Å². The van der Waals surface area contributed by atoms with Gasteiger partial charge in [0.15, 0.2) is 0 Å². The van der Waals surface area contributed by atoms with Crippen molar-refractivity contribution in [2.24, 2.45) is 0 Å². The van der Waals surface area contributed by atoms with Crippen molar-refractivity contribution in [1.29, 1.82) is 0 Å². The molecule has 148 valence electrons. The van der Waals surface area contributed by atoms with Crippen LogP contribution in [0.25, 0.3) is 0 Å². The van der Waals surface area contributed by atoms with Crippen LogP contribution >= 0.6 is 0 Å². The lowest BCUT2D eigenvalue weighted by atomic mass is 10.1. The summed E-state index contributed by atoms with van der Waals surface area (Å²) in [7, 11) is 1.28. The first-order valence-corrected chi connectivity index (χ1v) is 9.32. The van der Waals surface area contributed by atoms with Gasteiger partial charge in [-0.2, -0.15) is 0 Å². The van der Waals surface area contributed by atoms with E-state index in [2.05, 4.69) is 44.6 Å². The largest absolute Gasteiger partial charge is 0.507 e. The summed E-state index contributed by atoms with van der Waals surface area (Å²) in [6, 6.07) is 4.57. The van der Waals surface area contributed by atoms with Gasteiger partial charge in [0.25, 0.3) is 0 Å². The fourth-order valence-corrected chi connectivity index (χ4v) is 2.50. The van der Waals surface area contributed by atoms with Crippen LogP contribution in [0.15, 0.2) is 53.1 Å². The van der Waals surface area contributed by atoms with Crippen LogP contribution in [0.4, 0.5) is 0 Å². The van der Waals surface area contributed by atoms with E-state index in [1.54, 1.807) is 6.07 Å². The Balaban J connectivity index is 2.41. The molecule has 1 N–H and O–H groups in total. The number of esters is 1. The summed E-state index contributed by atoms with van der Waals surface area (Å²) in [5.41, 5.74) is 4.19. The summed E-state index contributed by atoms with van der Waals surface area (Å²) in [6.45, 7) is 8.96. The molecule has 0 radical (unpaired) electrons. The molecule has 0 aliphatic carbocycles. The molecule has 0 fully saturated rings. The number of carbonyl (C=O) groups is 1. The number of phenolic OH excluding ortho intramolecular Hbond substituents is 1. The van der Waals surface area contributed by atoms with Gasteiger partial charge < -0.3 is 14.6 Å². The summed E-state index contributed by atoms with van der Waals surface area (Å²) >= 11 is 0. The maximum absolute atomic E-state index is 11.4. The second-order valence-corrected chi connectivity index (χ2v) is 6.94. The molecule has 1 rings (SSSR count). The lowest BCUT2D eigenvalue weighted by molar-refractivity contribution is 0.0597.